The van der Waals surface area contributed by atoms with Gasteiger partial charge in [-0.2, -0.15) is 5.21 Å². The summed E-state index contributed by atoms with van der Waals surface area (Å²) in [4.78, 5) is 17.3. The van der Waals surface area contributed by atoms with E-state index in [0.29, 0.717) is 5.82 Å². The molecule has 1 amide bonds. The molecule has 1 N–H and O–H groups in total. The zero-order chi connectivity index (χ0) is 16.6. The topological polar surface area (TPSA) is 78.0 Å². The lowest BCUT2D eigenvalue weighted by atomic mass is 10.0. The van der Waals surface area contributed by atoms with Gasteiger partial charge in [0, 0.05) is 32.7 Å². The average molecular weight is 326 g/mol. The Balaban J connectivity index is 1.36. The second-order valence-corrected chi connectivity index (χ2v) is 6.87. The van der Waals surface area contributed by atoms with E-state index >= 15 is 0 Å². The molecule has 1 aliphatic heterocycles. The molecule has 1 saturated carbocycles. The van der Waals surface area contributed by atoms with Crippen molar-refractivity contribution < 1.29 is 4.79 Å². The van der Waals surface area contributed by atoms with Gasteiger partial charge in [0.15, 0.2) is 5.82 Å². The van der Waals surface area contributed by atoms with Gasteiger partial charge in [0.2, 0.25) is 5.91 Å². The molecule has 1 aromatic heterocycles. The largest absolute Gasteiger partial charge is 0.339 e. The van der Waals surface area contributed by atoms with Gasteiger partial charge in [-0.05, 0) is 25.3 Å². The fraction of sp³-hybridized carbons (Fsp3) is 0.529. The Morgan fingerprint density at radius 1 is 1.25 bits per heavy atom. The highest BCUT2D eigenvalue weighted by molar-refractivity contribution is 5.90. The third-order valence-corrected chi connectivity index (χ3v) is 5.08. The number of hydrogen-bond donors (Lipinski definition) is 1. The zero-order valence-corrected chi connectivity index (χ0v) is 13.9. The van der Waals surface area contributed by atoms with Crippen molar-refractivity contribution >= 4 is 5.91 Å². The molecule has 1 saturated heterocycles. The first kappa shape index (κ1) is 15.3. The summed E-state index contributed by atoms with van der Waals surface area (Å²) in [7, 11) is 0. The quantitative estimate of drug-likeness (QED) is 0.902. The minimum absolute atomic E-state index is 0.166. The summed E-state index contributed by atoms with van der Waals surface area (Å²) >= 11 is 0. The van der Waals surface area contributed by atoms with Gasteiger partial charge in [0.25, 0.3) is 0 Å². The van der Waals surface area contributed by atoms with Gasteiger partial charge in [-0.1, -0.05) is 35.0 Å². The minimum atomic E-state index is -0.508. The molecule has 4 rings (SSSR count). The summed E-state index contributed by atoms with van der Waals surface area (Å²) in [5, 5.41) is 14.2. The van der Waals surface area contributed by atoms with Crippen molar-refractivity contribution in [2.24, 2.45) is 0 Å². The molecule has 2 heterocycles. The molecule has 126 valence electrons. The van der Waals surface area contributed by atoms with Crippen molar-refractivity contribution in [3.8, 4) is 0 Å². The highest BCUT2D eigenvalue weighted by Crippen LogP contribution is 2.47. The zero-order valence-electron chi connectivity index (χ0n) is 13.9. The Kier molecular flexibility index (Phi) is 3.80. The van der Waals surface area contributed by atoms with Crippen molar-refractivity contribution in [2.45, 2.75) is 31.7 Å². The SMILES string of the molecule is Cc1cccc(CN2CCN(C(=O)C3(c4nn[nH]n4)CC3)CC2)c1. The molecule has 1 aromatic carbocycles. The first-order valence-electron chi connectivity index (χ1n) is 8.49. The van der Waals surface area contributed by atoms with Crippen LogP contribution in [0.1, 0.15) is 29.8 Å². The summed E-state index contributed by atoms with van der Waals surface area (Å²) < 4.78 is 0. The second-order valence-electron chi connectivity index (χ2n) is 6.87. The van der Waals surface area contributed by atoms with Crippen LogP contribution in [-0.2, 0) is 16.8 Å². The number of hydrogen-bond acceptors (Lipinski definition) is 5. The predicted octanol–water partition coefficient (Wildman–Crippen LogP) is 0.884. The molecule has 24 heavy (non-hydrogen) atoms. The van der Waals surface area contributed by atoms with Crippen molar-refractivity contribution in [1.82, 2.24) is 30.4 Å². The normalized spacial score (nSPS) is 20.1. The van der Waals surface area contributed by atoms with E-state index in [1.807, 2.05) is 4.90 Å². The molecule has 0 atom stereocenters. The van der Waals surface area contributed by atoms with Crippen LogP contribution in [0.2, 0.25) is 0 Å². The van der Waals surface area contributed by atoms with E-state index in [-0.39, 0.29) is 5.91 Å². The molecule has 0 unspecified atom stereocenters. The number of piperazine rings is 1. The van der Waals surface area contributed by atoms with E-state index in [9.17, 15) is 4.79 Å². The molecule has 0 spiro atoms. The van der Waals surface area contributed by atoms with E-state index < -0.39 is 5.41 Å². The summed E-state index contributed by atoms with van der Waals surface area (Å²) in [5.74, 6) is 0.716. The number of amides is 1. The van der Waals surface area contributed by atoms with E-state index in [0.717, 1.165) is 45.6 Å². The van der Waals surface area contributed by atoms with Gasteiger partial charge in [-0.15, -0.1) is 10.2 Å². The first-order chi connectivity index (χ1) is 11.7. The summed E-state index contributed by atoms with van der Waals surface area (Å²) in [6, 6.07) is 8.62. The Labute approximate surface area is 141 Å². The van der Waals surface area contributed by atoms with Crippen molar-refractivity contribution in [2.75, 3.05) is 26.2 Å². The highest BCUT2D eigenvalue weighted by Gasteiger charge is 2.56. The molecule has 0 radical (unpaired) electrons. The van der Waals surface area contributed by atoms with Gasteiger partial charge in [0.1, 0.15) is 5.41 Å². The van der Waals surface area contributed by atoms with Crippen LogP contribution < -0.4 is 0 Å². The monoisotopic (exact) mass is 326 g/mol. The Hall–Kier alpha value is -2.28. The summed E-state index contributed by atoms with van der Waals surface area (Å²) in [5.41, 5.74) is 2.11. The van der Waals surface area contributed by atoms with Crippen LogP contribution in [-0.4, -0.2) is 62.5 Å². The van der Waals surface area contributed by atoms with Crippen LogP contribution >= 0.6 is 0 Å². The van der Waals surface area contributed by atoms with E-state index in [2.05, 4.69) is 56.7 Å². The molecular weight excluding hydrogens is 304 g/mol. The number of rotatable bonds is 4. The van der Waals surface area contributed by atoms with E-state index in [1.165, 1.54) is 11.1 Å². The number of benzene rings is 1. The number of aromatic amines is 1. The van der Waals surface area contributed by atoms with Crippen molar-refractivity contribution in [1.29, 1.82) is 0 Å². The van der Waals surface area contributed by atoms with Gasteiger partial charge >= 0.3 is 0 Å². The van der Waals surface area contributed by atoms with E-state index in [4.69, 9.17) is 0 Å². The lowest BCUT2D eigenvalue weighted by Gasteiger charge is -2.36. The Bertz CT molecular complexity index is 716. The number of carbonyl (C=O) groups excluding carboxylic acids is 1. The maximum Gasteiger partial charge on any atom is 0.236 e. The summed E-state index contributed by atoms with van der Waals surface area (Å²) in [6.07, 6.45) is 1.66. The van der Waals surface area contributed by atoms with Crippen molar-refractivity contribution in [3.05, 3.63) is 41.2 Å². The number of H-pyrrole nitrogens is 1. The van der Waals surface area contributed by atoms with Gasteiger partial charge < -0.3 is 4.90 Å². The van der Waals surface area contributed by atoms with Crippen LogP contribution in [0.15, 0.2) is 24.3 Å². The Morgan fingerprint density at radius 2 is 2.04 bits per heavy atom. The minimum Gasteiger partial charge on any atom is -0.339 e. The highest BCUT2D eigenvalue weighted by atomic mass is 16.2. The number of aromatic nitrogens is 4. The molecule has 1 aliphatic carbocycles. The molecule has 0 bridgehead atoms. The number of tetrazole rings is 1. The van der Waals surface area contributed by atoms with Crippen LogP contribution in [0.25, 0.3) is 0 Å². The lowest BCUT2D eigenvalue weighted by molar-refractivity contribution is -0.136. The number of nitrogens with one attached hydrogen (secondary N) is 1. The smallest absolute Gasteiger partial charge is 0.236 e. The van der Waals surface area contributed by atoms with Crippen LogP contribution in [0.5, 0.6) is 0 Å². The van der Waals surface area contributed by atoms with Crippen LogP contribution in [0.3, 0.4) is 0 Å². The van der Waals surface area contributed by atoms with Gasteiger partial charge in [-0.3, -0.25) is 9.69 Å². The summed E-state index contributed by atoms with van der Waals surface area (Å²) in [6.45, 7) is 6.41. The molecule has 2 aromatic rings. The first-order valence-corrected chi connectivity index (χ1v) is 8.49. The maximum atomic E-state index is 12.9. The number of nitrogens with zero attached hydrogens (tertiary/aromatic N) is 5. The predicted molar refractivity (Wildman–Crippen MR) is 88.1 cm³/mol. The average Bonchev–Trinajstić information content (AvgIpc) is 3.21. The number of aryl methyl sites for hydroxylation is 1. The molecule has 7 nitrogen and oxygen atoms in total. The van der Waals surface area contributed by atoms with Gasteiger partial charge in [0.05, 0.1) is 0 Å². The standard InChI is InChI=1S/C17H22N6O/c1-13-3-2-4-14(11-13)12-22-7-9-23(10-8-22)16(24)17(5-6-17)15-18-20-21-19-15/h2-4,11H,5-10,12H2,1H3,(H,18,19,20,21). The van der Waals surface area contributed by atoms with Crippen molar-refractivity contribution in [3.63, 3.8) is 0 Å². The molecule has 7 heteroatoms. The fourth-order valence-electron chi connectivity index (χ4n) is 3.50. The molecule has 2 aliphatic rings. The maximum absolute atomic E-state index is 12.9. The number of carbonyl (C=O) groups is 1. The third-order valence-electron chi connectivity index (χ3n) is 5.08. The third kappa shape index (κ3) is 2.80. The fourth-order valence-corrected chi connectivity index (χ4v) is 3.50. The molecule has 2 fully saturated rings. The van der Waals surface area contributed by atoms with E-state index in [1.54, 1.807) is 0 Å². The Morgan fingerprint density at radius 3 is 2.67 bits per heavy atom. The second kappa shape index (κ2) is 5.98. The molecular formula is C17H22N6O. The van der Waals surface area contributed by atoms with Gasteiger partial charge in [-0.25, -0.2) is 0 Å². The van der Waals surface area contributed by atoms with Crippen LogP contribution in [0, 0.1) is 6.92 Å². The van der Waals surface area contributed by atoms with Crippen LogP contribution in [0.4, 0.5) is 0 Å². The lowest BCUT2D eigenvalue weighted by Crippen LogP contribution is -2.51.